The summed E-state index contributed by atoms with van der Waals surface area (Å²) in [5.74, 6) is -2.47. The molecule has 4 N–H and O–H groups in total. The summed E-state index contributed by atoms with van der Waals surface area (Å²) in [6.07, 6.45) is 2.31. The van der Waals surface area contributed by atoms with Crippen molar-refractivity contribution in [2.75, 3.05) is 13.1 Å². The fourth-order valence-electron chi connectivity index (χ4n) is 5.31. The van der Waals surface area contributed by atoms with Crippen LogP contribution in [0.25, 0.3) is 0 Å². The minimum atomic E-state index is -1.45. The summed E-state index contributed by atoms with van der Waals surface area (Å²) in [6.45, 7) is 0.603. The SMILES string of the molecule is O=C(NCC(NC(=O)c1c(Cl)cc(C(=O)N2CCc3ccccc3C2)cc1Cl)C(=O)O)NC1CCc2ccccc21. The van der Waals surface area contributed by atoms with Crippen LogP contribution in [0.3, 0.4) is 0 Å². The number of fused-ring (bicyclic) bond motifs is 2. The summed E-state index contributed by atoms with van der Waals surface area (Å²) in [6, 6.07) is 16.2. The first kappa shape index (κ1) is 28.4. The smallest absolute Gasteiger partial charge is 0.328 e. The van der Waals surface area contributed by atoms with Crippen LogP contribution >= 0.6 is 23.2 Å². The lowest BCUT2D eigenvalue weighted by molar-refractivity contribution is -0.139. The van der Waals surface area contributed by atoms with Gasteiger partial charge in [0.2, 0.25) is 0 Å². The lowest BCUT2D eigenvalue weighted by Crippen LogP contribution is -2.50. The van der Waals surface area contributed by atoms with Crippen LogP contribution in [0.4, 0.5) is 4.79 Å². The van der Waals surface area contributed by atoms with Gasteiger partial charge >= 0.3 is 12.0 Å². The molecule has 212 valence electrons. The summed E-state index contributed by atoms with van der Waals surface area (Å²) in [5, 5.41) is 17.2. The molecule has 0 spiro atoms. The standard InChI is InChI=1S/C30H28Cl2N4O5/c31-22-13-20(28(38)36-12-11-17-5-1-2-7-19(17)16-36)14-23(32)26(22)27(37)34-25(29(39)40)15-33-30(41)35-24-10-9-18-6-3-4-8-21(18)24/h1-8,13-14,24-25H,9-12,15-16H2,(H,34,37)(H,39,40)(H2,33,35,41). The molecule has 1 heterocycles. The number of carboxylic acids is 1. The van der Waals surface area contributed by atoms with Gasteiger partial charge in [0.25, 0.3) is 11.8 Å². The topological polar surface area (TPSA) is 128 Å². The molecule has 3 aromatic rings. The number of hydrogen-bond donors (Lipinski definition) is 4. The summed E-state index contributed by atoms with van der Waals surface area (Å²) in [4.78, 5) is 52.2. The van der Waals surface area contributed by atoms with Crippen molar-refractivity contribution in [1.82, 2.24) is 20.9 Å². The zero-order valence-corrected chi connectivity index (χ0v) is 23.5. The zero-order chi connectivity index (χ0) is 29.1. The molecule has 4 amide bonds. The molecule has 2 aliphatic rings. The van der Waals surface area contributed by atoms with Crippen LogP contribution < -0.4 is 16.0 Å². The van der Waals surface area contributed by atoms with E-state index < -0.39 is 23.9 Å². The first-order valence-electron chi connectivity index (χ1n) is 13.2. The highest BCUT2D eigenvalue weighted by atomic mass is 35.5. The van der Waals surface area contributed by atoms with Gasteiger partial charge in [0.1, 0.15) is 6.04 Å². The van der Waals surface area contributed by atoms with E-state index in [9.17, 15) is 24.3 Å². The Kier molecular flexibility index (Phi) is 8.46. The van der Waals surface area contributed by atoms with Gasteiger partial charge in [-0.3, -0.25) is 9.59 Å². The highest BCUT2D eigenvalue weighted by Crippen LogP contribution is 2.31. The van der Waals surface area contributed by atoms with Gasteiger partial charge in [0, 0.05) is 18.7 Å². The van der Waals surface area contributed by atoms with Crippen molar-refractivity contribution in [3.8, 4) is 0 Å². The molecule has 3 aromatic carbocycles. The molecule has 0 saturated heterocycles. The average Bonchev–Trinajstić information content (AvgIpc) is 3.36. The number of halogens is 2. The second kappa shape index (κ2) is 12.2. The normalized spacial score (nSPS) is 16.2. The number of aliphatic carboxylic acids is 1. The van der Waals surface area contributed by atoms with E-state index in [-0.39, 0.29) is 39.7 Å². The number of nitrogens with zero attached hydrogens (tertiary/aromatic N) is 1. The Labute approximate surface area is 246 Å². The molecule has 2 unspecified atom stereocenters. The first-order chi connectivity index (χ1) is 19.7. The fraction of sp³-hybridized carbons (Fsp3) is 0.267. The summed E-state index contributed by atoms with van der Waals surface area (Å²) >= 11 is 12.8. The highest BCUT2D eigenvalue weighted by molar-refractivity contribution is 6.40. The third-order valence-corrected chi connectivity index (χ3v) is 8.04. The van der Waals surface area contributed by atoms with Crippen LogP contribution in [0, 0.1) is 0 Å². The maximum atomic E-state index is 13.2. The van der Waals surface area contributed by atoms with Crippen molar-refractivity contribution in [2.24, 2.45) is 0 Å². The number of carboxylic acid groups (broad SMARTS) is 1. The van der Waals surface area contributed by atoms with Gasteiger partial charge in [-0.05, 0) is 53.6 Å². The predicted molar refractivity (Wildman–Crippen MR) is 154 cm³/mol. The van der Waals surface area contributed by atoms with E-state index >= 15 is 0 Å². The molecule has 1 aliphatic heterocycles. The Balaban J connectivity index is 1.21. The molecule has 5 rings (SSSR count). The molecular weight excluding hydrogens is 567 g/mol. The monoisotopic (exact) mass is 594 g/mol. The molecule has 11 heteroatoms. The number of hydrogen-bond acceptors (Lipinski definition) is 4. The molecule has 0 bridgehead atoms. The number of amides is 4. The Morgan fingerprint density at radius 2 is 1.59 bits per heavy atom. The second-order valence-corrected chi connectivity index (χ2v) is 10.9. The number of benzene rings is 3. The lowest BCUT2D eigenvalue weighted by atomic mass is 9.99. The van der Waals surface area contributed by atoms with Crippen molar-refractivity contribution in [2.45, 2.75) is 37.9 Å². The molecule has 41 heavy (non-hydrogen) atoms. The van der Waals surface area contributed by atoms with E-state index in [0.717, 1.165) is 36.0 Å². The number of carbonyl (C=O) groups is 4. The number of urea groups is 1. The summed E-state index contributed by atoms with van der Waals surface area (Å²) in [5.41, 5.74) is 4.52. The van der Waals surface area contributed by atoms with Crippen LogP contribution in [0.2, 0.25) is 10.0 Å². The third-order valence-electron chi connectivity index (χ3n) is 7.44. The molecule has 0 fully saturated rings. The van der Waals surface area contributed by atoms with E-state index in [2.05, 4.69) is 16.0 Å². The quantitative estimate of drug-likeness (QED) is 0.323. The molecule has 2 atom stereocenters. The predicted octanol–water partition coefficient (Wildman–Crippen LogP) is 4.36. The first-order valence-corrected chi connectivity index (χ1v) is 14.0. The Hall–Kier alpha value is -4.08. The van der Waals surface area contributed by atoms with Crippen LogP contribution in [-0.2, 0) is 24.2 Å². The van der Waals surface area contributed by atoms with Crippen molar-refractivity contribution < 1.29 is 24.3 Å². The molecular formula is C30H28Cl2N4O5. The van der Waals surface area contributed by atoms with Crippen molar-refractivity contribution >= 4 is 47.0 Å². The van der Waals surface area contributed by atoms with E-state index in [4.69, 9.17) is 23.2 Å². The Morgan fingerprint density at radius 3 is 2.29 bits per heavy atom. The molecule has 0 radical (unpaired) electrons. The van der Waals surface area contributed by atoms with Gasteiger partial charge < -0.3 is 26.0 Å². The van der Waals surface area contributed by atoms with Crippen molar-refractivity contribution in [1.29, 1.82) is 0 Å². The number of carbonyl (C=O) groups excluding carboxylic acids is 3. The fourth-order valence-corrected chi connectivity index (χ4v) is 5.97. The average molecular weight is 595 g/mol. The summed E-state index contributed by atoms with van der Waals surface area (Å²) in [7, 11) is 0. The van der Waals surface area contributed by atoms with Gasteiger partial charge in [-0.2, -0.15) is 0 Å². The molecule has 0 saturated carbocycles. The molecule has 1 aliphatic carbocycles. The van der Waals surface area contributed by atoms with Crippen molar-refractivity contribution in [3.05, 3.63) is 104 Å². The Bertz CT molecular complexity index is 1510. The van der Waals surface area contributed by atoms with Crippen LogP contribution in [0.5, 0.6) is 0 Å². The van der Waals surface area contributed by atoms with Crippen molar-refractivity contribution in [3.63, 3.8) is 0 Å². The largest absolute Gasteiger partial charge is 0.480 e. The van der Waals surface area contributed by atoms with Crippen LogP contribution in [0.1, 0.15) is 55.4 Å². The minimum Gasteiger partial charge on any atom is -0.480 e. The highest BCUT2D eigenvalue weighted by Gasteiger charge is 2.28. The van der Waals surface area contributed by atoms with Gasteiger partial charge in [-0.25, -0.2) is 9.59 Å². The molecule has 9 nitrogen and oxygen atoms in total. The molecule has 0 aromatic heterocycles. The maximum Gasteiger partial charge on any atom is 0.328 e. The van der Waals surface area contributed by atoms with Crippen LogP contribution in [0.15, 0.2) is 60.7 Å². The van der Waals surface area contributed by atoms with Gasteiger partial charge in [-0.15, -0.1) is 0 Å². The maximum absolute atomic E-state index is 13.2. The van der Waals surface area contributed by atoms with E-state index in [1.807, 2.05) is 48.5 Å². The number of rotatable bonds is 7. The number of nitrogens with one attached hydrogen (secondary N) is 3. The van der Waals surface area contributed by atoms with Gasteiger partial charge in [0.05, 0.1) is 28.2 Å². The number of aryl methyl sites for hydroxylation is 1. The third kappa shape index (κ3) is 6.31. The second-order valence-electron chi connectivity index (χ2n) is 10.1. The zero-order valence-electron chi connectivity index (χ0n) is 22.0. The lowest BCUT2D eigenvalue weighted by Gasteiger charge is -2.29. The van der Waals surface area contributed by atoms with E-state index in [0.29, 0.717) is 13.1 Å². The van der Waals surface area contributed by atoms with Crippen LogP contribution in [-0.4, -0.2) is 53.0 Å². The van der Waals surface area contributed by atoms with Gasteiger partial charge in [-0.1, -0.05) is 71.7 Å². The van der Waals surface area contributed by atoms with E-state index in [1.54, 1.807) is 4.90 Å². The summed E-state index contributed by atoms with van der Waals surface area (Å²) < 4.78 is 0. The van der Waals surface area contributed by atoms with Gasteiger partial charge in [0.15, 0.2) is 0 Å². The minimum absolute atomic E-state index is 0.0921. The Morgan fingerprint density at radius 1 is 0.927 bits per heavy atom. The van der Waals surface area contributed by atoms with E-state index in [1.165, 1.54) is 17.7 Å².